The molecule has 0 saturated heterocycles. The fourth-order valence-corrected chi connectivity index (χ4v) is 1.19. The number of alkyl carbamates (subject to hydrolysis) is 1. The minimum absolute atomic E-state index is 0.301. The van der Waals surface area contributed by atoms with Crippen LogP contribution in [0.3, 0.4) is 0 Å². The predicted octanol–water partition coefficient (Wildman–Crippen LogP) is 3.29. The third-order valence-corrected chi connectivity index (χ3v) is 2.29. The summed E-state index contributed by atoms with van der Waals surface area (Å²) in [7, 11) is 0. The van der Waals surface area contributed by atoms with Gasteiger partial charge in [-0.3, -0.25) is 5.32 Å². The average molecular weight is 309 g/mol. The number of carbonyl (C=O) groups excluding carboxylic acids is 1. The highest BCUT2D eigenvalue weighted by atomic mass is 35.6. The van der Waals surface area contributed by atoms with E-state index >= 15 is 0 Å². The van der Waals surface area contributed by atoms with Crippen molar-refractivity contribution in [3.63, 3.8) is 0 Å². The van der Waals surface area contributed by atoms with Gasteiger partial charge in [0.25, 0.3) is 0 Å². The minimum Gasteiger partial charge on any atom is -0.445 e. The van der Waals surface area contributed by atoms with Crippen LogP contribution in [0.25, 0.3) is 0 Å². The number of rotatable bonds is 5. The molecular formula is C7H8Cl3NO2S2. The molecule has 0 aliphatic heterocycles. The summed E-state index contributed by atoms with van der Waals surface area (Å²) in [6.45, 7) is -0.301. The summed E-state index contributed by atoms with van der Waals surface area (Å²) in [5.74, 6) is 0.691. The van der Waals surface area contributed by atoms with Crippen LogP contribution >= 0.6 is 58.8 Å². The summed E-state index contributed by atoms with van der Waals surface area (Å²) < 4.78 is 2.99. The average Bonchev–Trinajstić information content (AvgIpc) is 2.13. The number of nitrogens with one attached hydrogen (secondary N) is 1. The van der Waals surface area contributed by atoms with Crippen LogP contribution in [0.15, 0.2) is 11.6 Å². The van der Waals surface area contributed by atoms with Gasteiger partial charge >= 0.3 is 6.09 Å². The smallest absolute Gasteiger partial charge is 0.411 e. The number of amides is 1. The van der Waals surface area contributed by atoms with Crippen molar-refractivity contribution < 1.29 is 9.53 Å². The standard InChI is InChI=1S/C7H8Cl3NO2S2/c8-7(9,10)5-13-6(12)11-1-3-15-4-2-14/h1-3H,4-5H2,(H,11,12). The molecule has 0 aliphatic carbocycles. The van der Waals surface area contributed by atoms with Gasteiger partial charge in [0.05, 0.1) is 0 Å². The number of carbonyl (C=O) groups is 1. The summed E-state index contributed by atoms with van der Waals surface area (Å²) in [6, 6.07) is 0. The van der Waals surface area contributed by atoms with Gasteiger partial charge in [-0.1, -0.05) is 47.0 Å². The van der Waals surface area contributed by atoms with Crippen molar-refractivity contribution >= 4 is 70.2 Å². The second kappa shape index (κ2) is 8.47. The van der Waals surface area contributed by atoms with E-state index in [1.165, 1.54) is 18.0 Å². The van der Waals surface area contributed by atoms with Crippen molar-refractivity contribution in [1.29, 1.82) is 0 Å². The van der Waals surface area contributed by atoms with Crippen LogP contribution in [0.1, 0.15) is 0 Å². The number of hydrogen-bond acceptors (Lipinski definition) is 4. The molecule has 0 fully saturated rings. The normalized spacial score (nSPS) is 11.4. The molecule has 0 spiro atoms. The van der Waals surface area contributed by atoms with Crippen molar-refractivity contribution in [3.05, 3.63) is 11.6 Å². The monoisotopic (exact) mass is 307 g/mol. The predicted molar refractivity (Wildman–Crippen MR) is 70.0 cm³/mol. The zero-order chi connectivity index (χ0) is 11.7. The molecule has 86 valence electrons. The molecule has 1 amide bonds. The summed E-state index contributed by atoms with van der Waals surface area (Å²) in [5, 5.41) is 5.57. The first-order valence-corrected chi connectivity index (χ1v) is 6.31. The Morgan fingerprint density at radius 1 is 1.53 bits per heavy atom. The lowest BCUT2D eigenvalue weighted by Gasteiger charge is -2.10. The lowest BCUT2D eigenvalue weighted by Crippen LogP contribution is -2.24. The Bertz CT molecular complexity index is 243. The number of alkyl halides is 3. The van der Waals surface area contributed by atoms with Gasteiger partial charge in [0, 0.05) is 12.0 Å². The molecule has 0 atom stereocenters. The summed E-state index contributed by atoms with van der Waals surface area (Å²) in [5.41, 5.74) is 0. The molecule has 0 aromatic heterocycles. The van der Waals surface area contributed by atoms with Crippen LogP contribution in [0.2, 0.25) is 0 Å². The van der Waals surface area contributed by atoms with Gasteiger partial charge < -0.3 is 4.74 Å². The van der Waals surface area contributed by atoms with Crippen LogP contribution in [0.4, 0.5) is 4.79 Å². The number of thioether (sulfide) groups is 1. The Morgan fingerprint density at radius 2 is 2.20 bits per heavy atom. The Morgan fingerprint density at radius 3 is 2.73 bits per heavy atom. The van der Waals surface area contributed by atoms with Gasteiger partial charge in [-0.2, -0.15) is 0 Å². The molecule has 0 aromatic rings. The van der Waals surface area contributed by atoms with E-state index in [-0.39, 0.29) is 6.61 Å². The molecule has 0 radical (unpaired) electrons. The van der Waals surface area contributed by atoms with Crippen LogP contribution in [0, 0.1) is 0 Å². The maximum atomic E-state index is 10.9. The quantitative estimate of drug-likeness (QED) is 0.480. The first-order chi connectivity index (χ1) is 6.95. The number of ether oxygens (including phenoxy) is 1. The Hall–Kier alpha value is 0.320. The molecule has 0 saturated carbocycles. The summed E-state index contributed by atoms with van der Waals surface area (Å²) in [4.78, 5) is 10.9. The highest BCUT2D eigenvalue weighted by Crippen LogP contribution is 2.25. The summed E-state index contributed by atoms with van der Waals surface area (Å²) in [6.07, 6.45) is 0.741. The molecule has 0 heterocycles. The van der Waals surface area contributed by atoms with Crippen LogP contribution in [-0.2, 0) is 4.74 Å². The van der Waals surface area contributed by atoms with Crippen LogP contribution < -0.4 is 5.32 Å². The van der Waals surface area contributed by atoms with Gasteiger partial charge in [0.15, 0.2) is 0 Å². The van der Waals surface area contributed by atoms with Gasteiger partial charge in [-0.25, -0.2) is 4.79 Å². The van der Waals surface area contributed by atoms with Gasteiger partial charge in [-0.15, -0.1) is 11.8 Å². The molecule has 0 rings (SSSR count). The van der Waals surface area contributed by atoms with Gasteiger partial charge in [0.2, 0.25) is 3.79 Å². The number of halogens is 3. The fraction of sp³-hybridized carbons (Fsp3) is 0.429. The second-order valence-corrected chi connectivity index (χ2v) is 5.93. The van der Waals surface area contributed by atoms with E-state index in [9.17, 15) is 4.79 Å². The number of hydrogen-bond donors (Lipinski definition) is 1. The first kappa shape index (κ1) is 15.3. The molecular weight excluding hydrogens is 301 g/mol. The van der Waals surface area contributed by atoms with E-state index in [2.05, 4.69) is 22.3 Å². The lowest BCUT2D eigenvalue weighted by molar-refractivity contribution is 0.152. The van der Waals surface area contributed by atoms with E-state index < -0.39 is 9.89 Å². The highest BCUT2D eigenvalue weighted by Gasteiger charge is 2.21. The van der Waals surface area contributed by atoms with Crippen molar-refractivity contribution in [2.75, 3.05) is 12.4 Å². The SMILES string of the molecule is O=C(NC=CSCC=S)OCC(Cl)(Cl)Cl. The molecule has 8 heteroatoms. The van der Waals surface area contributed by atoms with Crippen molar-refractivity contribution in [1.82, 2.24) is 5.32 Å². The molecule has 0 bridgehead atoms. The molecule has 15 heavy (non-hydrogen) atoms. The third-order valence-electron chi connectivity index (χ3n) is 0.897. The van der Waals surface area contributed by atoms with E-state index in [1.807, 2.05) is 0 Å². The Labute approximate surface area is 112 Å². The molecule has 0 aliphatic rings. The third kappa shape index (κ3) is 12.3. The largest absolute Gasteiger partial charge is 0.445 e. The van der Waals surface area contributed by atoms with Crippen molar-refractivity contribution in [2.24, 2.45) is 0 Å². The van der Waals surface area contributed by atoms with Crippen LogP contribution in [0.5, 0.6) is 0 Å². The number of thiocarbonyl (C=S) groups is 1. The fourth-order valence-electron chi connectivity index (χ4n) is 0.434. The summed E-state index contributed by atoms with van der Waals surface area (Å²) >= 11 is 22.1. The molecule has 0 aromatic carbocycles. The Balaban J connectivity index is 3.57. The molecule has 1 N–H and O–H groups in total. The zero-order valence-corrected chi connectivity index (χ0v) is 11.3. The maximum Gasteiger partial charge on any atom is 0.411 e. The zero-order valence-electron chi connectivity index (χ0n) is 7.41. The van der Waals surface area contributed by atoms with E-state index in [0.29, 0.717) is 5.75 Å². The lowest BCUT2D eigenvalue weighted by atomic mass is 10.8. The van der Waals surface area contributed by atoms with Crippen LogP contribution in [-0.4, -0.2) is 27.6 Å². The van der Waals surface area contributed by atoms with E-state index in [1.54, 1.807) is 10.8 Å². The maximum absolute atomic E-state index is 10.9. The van der Waals surface area contributed by atoms with E-state index in [4.69, 9.17) is 34.8 Å². The second-order valence-electron chi connectivity index (χ2n) is 2.14. The van der Waals surface area contributed by atoms with Gasteiger partial charge in [-0.05, 0) is 10.8 Å². The van der Waals surface area contributed by atoms with E-state index in [0.717, 1.165) is 0 Å². The van der Waals surface area contributed by atoms with Gasteiger partial charge in [0.1, 0.15) is 6.61 Å². The highest BCUT2D eigenvalue weighted by molar-refractivity contribution is 8.03. The van der Waals surface area contributed by atoms with Crippen molar-refractivity contribution in [2.45, 2.75) is 3.79 Å². The topological polar surface area (TPSA) is 38.3 Å². The molecule has 3 nitrogen and oxygen atoms in total. The minimum atomic E-state index is -1.59. The molecule has 0 unspecified atom stereocenters. The van der Waals surface area contributed by atoms with Crippen molar-refractivity contribution in [3.8, 4) is 0 Å². The first-order valence-electron chi connectivity index (χ1n) is 3.66. The Kier molecular flexibility index (Phi) is 8.65.